The van der Waals surface area contributed by atoms with Crippen LogP contribution in [0.4, 0.5) is 18.9 Å². The monoisotopic (exact) mass is 475 g/mol. The first-order chi connectivity index (χ1) is 16.7. The Balaban J connectivity index is 1.73. The second-order valence-electron chi connectivity index (χ2n) is 7.78. The van der Waals surface area contributed by atoms with Crippen LogP contribution in [0.1, 0.15) is 22.3 Å². The van der Waals surface area contributed by atoms with Gasteiger partial charge in [-0.25, -0.2) is 14.4 Å². The number of allylic oxidation sites excluding steroid dienone is 1. The summed E-state index contributed by atoms with van der Waals surface area (Å²) in [5.74, 6) is -0.789. The van der Waals surface area contributed by atoms with E-state index in [2.05, 4.69) is 9.98 Å². The van der Waals surface area contributed by atoms with Crippen molar-refractivity contribution in [3.8, 4) is 11.6 Å². The van der Waals surface area contributed by atoms with Gasteiger partial charge in [0.1, 0.15) is 5.56 Å². The van der Waals surface area contributed by atoms with Crippen LogP contribution in [0.3, 0.4) is 0 Å². The topological polar surface area (TPSA) is 87.5 Å². The molecule has 0 atom stereocenters. The normalized spacial score (nSPS) is 14.1. The molecule has 1 aliphatic heterocycles. The predicted molar refractivity (Wildman–Crippen MR) is 126 cm³/mol. The lowest BCUT2D eigenvalue weighted by molar-refractivity contribution is -0.137. The van der Waals surface area contributed by atoms with Crippen molar-refractivity contribution in [3.63, 3.8) is 0 Å². The number of aliphatic imine (C=N–C) groups is 1. The van der Waals surface area contributed by atoms with Crippen LogP contribution in [0.25, 0.3) is 17.3 Å². The van der Waals surface area contributed by atoms with Crippen LogP contribution >= 0.6 is 0 Å². The SMILES string of the molecule is O=c1[nH]c(=O)n(-c2cccc(C(F)(F)F)c2)c(O)c1C=C1C(c2ccccc2)=Nc2ccccc21. The largest absolute Gasteiger partial charge is 0.494 e. The molecule has 174 valence electrons. The Bertz CT molecular complexity index is 1630. The molecule has 4 aromatic rings. The van der Waals surface area contributed by atoms with Crippen molar-refractivity contribution >= 4 is 23.0 Å². The highest BCUT2D eigenvalue weighted by Crippen LogP contribution is 2.38. The van der Waals surface area contributed by atoms with E-state index in [9.17, 15) is 27.9 Å². The van der Waals surface area contributed by atoms with Gasteiger partial charge in [0.2, 0.25) is 5.88 Å². The highest BCUT2D eigenvalue weighted by Gasteiger charge is 2.31. The van der Waals surface area contributed by atoms with Crippen molar-refractivity contribution in [3.05, 3.63) is 122 Å². The second kappa shape index (κ2) is 8.28. The molecule has 0 aliphatic carbocycles. The maximum atomic E-state index is 13.2. The Morgan fingerprint density at radius 3 is 2.37 bits per heavy atom. The lowest BCUT2D eigenvalue weighted by Gasteiger charge is -2.13. The van der Waals surface area contributed by atoms with Gasteiger partial charge in [-0.3, -0.25) is 9.78 Å². The van der Waals surface area contributed by atoms with Crippen LogP contribution in [-0.4, -0.2) is 20.4 Å². The van der Waals surface area contributed by atoms with Gasteiger partial charge in [0.15, 0.2) is 0 Å². The molecule has 2 heterocycles. The van der Waals surface area contributed by atoms with E-state index in [4.69, 9.17) is 0 Å². The number of aromatic hydroxyl groups is 1. The fourth-order valence-corrected chi connectivity index (χ4v) is 3.94. The number of rotatable bonds is 3. The molecule has 1 aromatic heterocycles. The standard InChI is InChI=1S/C26H16F3N3O3/c27-26(28,29)16-9-6-10-17(13-16)32-24(34)20(23(33)31-25(32)35)14-19-18-11-4-5-12-21(18)30-22(19)15-7-2-1-3-8-15/h1-14,34H,(H,31,33,35). The van der Waals surface area contributed by atoms with Crippen LogP contribution in [0.2, 0.25) is 0 Å². The molecule has 0 radical (unpaired) electrons. The van der Waals surface area contributed by atoms with Gasteiger partial charge in [-0.1, -0.05) is 54.6 Å². The summed E-state index contributed by atoms with van der Waals surface area (Å²) in [6.07, 6.45) is -3.27. The minimum absolute atomic E-state index is 0.248. The zero-order chi connectivity index (χ0) is 24.7. The van der Waals surface area contributed by atoms with Crippen molar-refractivity contribution in [1.29, 1.82) is 0 Å². The zero-order valence-corrected chi connectivity index (χ0v) is 17.9. The Morgan fingerprint density at radius 1 is 0.914 bits per heavy atom. The van der Waals surface area contributed by atoms with E-state index >= 15 is 0 Å². The molecule has 6 nitrogen and oxygen atoms in total. The molecule has 0 saturated heterocycles. The van der Waals surface area contributed by atoms with Gasteiger partial charge in [0, 0.05) is 16.7 Å². The molecule has 0 saturated carbocycles. The molecule has 5 rings (SSSR count). The molecule has 0 spiro atoms. The van der Waals surface area contributed by atoms with Crippen molar-refractivity contribution in [2.75, 3.05) is 0 Å². The van der Waals surface area contributed by atoms with E-state index in [1.807, 2.05) is 36.4 Å². The molecule has 3 aromatic carbocycles. The molecule has 0 unspecified atom stereocenters. The van der Waals surface area contributed by atoms with Crippen LogP contribution in [0, 0.1) is 0 Å². The number of para-hydroxylation sites is 1. The predicted octanol–water partition coefficient (Wildman–Crippen LogP) is 4.93. The Hall–Kier alpha value is -4.66. The molecular weight excluding hydrogens is 459 g/mol. The third kappa shape index (κ3) is 3.97. The summed E-state index contributed by atoms with van der Waals surface area (Å²) < 4.78 is 40.3. The smallest absolute Gasteiger partial charge is 0.416 e. The van der Waals surface area contributed by atoms with Crippen LogP contribution in [0.15, 0.2) is 93.4 Å². The van der Waals surface area contributed by atoms with Gasteiger partial charge in [-0.2, -0.15) is 13.2 Å². The maximum absolute atomic E-state index is 13.2. The number of aromatic nitrogens is 2. The van der Waals surface area contributed by atoms with E-state index in [1.165, 1.54) is 12.1 Å². The summed E-state index contributed by atoms with van der Waals surface area (Å²) in [5, 5.41) is 10.9. The minimum atomic E-state index is -4.66. The van der Waals surface area contributed by atoms with Crippen LogP contribution < -0.4 is 11.2 Å². The van der Waals surface area contributed by atoms with Crippen molar-refractivity contribution in [1.82, 2.24) is 9.55 Å². The summed E-state index contributed by atoms with van der Waals surface area (Å²) in [4.78, 5) is 32.0. The van der Waals surface area contributed by atoms with Crippen molar-refractivity contribution < 1.29 is 18.3 Å². The summed E-state index contributed by atoms with van der Waals surface area (Å²) in [6, 6.07) is 20.3. The van der Waals surface area contributed by atoms with E-state index in [0.717, 1.165) is 23.8 Å². The molecule has 0 amide bonds. The summed E-state index contributed by atoms with van der Waals surface area (Å²) in [5.41, 5.74) is -0.337. The molecule has 2 N–H and O–H groups in total. The lowest BCUT2D eigenvalue weighted by Crippen LogP contribution is -2.30. The van der Waals surface area contributed by atoms with E-state index in [-0.39, 0.29) is 11.3 Å². The lowest BCUT2D eigenvalue weighted by atomic mass is 9.96. The van der Waals surface area contributed by atoms with Gasteiger partial charge >= 0.3 is 11.9 Å². The Labute approximate surface area is 196 Å². The van der Waals surface area contributed by atoms with Gasteiger partial charge in [-0.15, -0.1) is 0 Å². The summed E-state index contributed by atoms with van der Waals surface area (Å²) in [6.45, 7) is 0. The zero-order valence-electron chi connectivity index (χ0n) is 17.9. The summed E-state index contributed by atoms with van der Waals surface area (Å²) >= 11 is 0. The second-order valence-corrected chi connectivity index (χ2v) is 7.78. The van der Waals surface area contributed by atoms with Crippen molar-refractivity contribution in [2.24, 2.45) is 4.99 Å². The molecule has 35 heavy (non-hydrogen) atoms. The average molecular weight is 475 g/mol. The highest BCUT2D eigenvalue weighted by molar-refractivity contribution is 6.39. The van der Waals surface area contributed by atoms with E-state index < -0.39 is 28.9 Å². The Morgan fingerprint density at radius 2 is 1.63 bits per heavy atom. The molecule has 0 bridgehead atoms. The number of hydrogen-bond acceptors (Lipinski definition) is 4. The quantitative estimate of drug-likeness (QED) is 0.441. The number of alkyl halides is 3. The number of hydrogen-bond donors (Lipinski definition) is 2. The van der Waals surface area contributed by atoms with E-state index in [1.54, 1.807) is 18.2 Å². The molecular formula is C26H16F3N3O3. The third-order valence-corrected chi connectivity index (χ3v) is 5.57. The van der Waals surface area contributed by atoms with Crippen molar-refractivity contribution in [2.45, 2.75) is 6.18 Å². The number of nitrogens with one attached hydrogen (secondary N) is 1. The number of aromatic amines is 1. The van der Waals surface area contributed by atoms with Gasteiger partial charge in [0.25, 0.3) is 5.56 Å². The maximum Gasteiger partial charge on any atom is 0.416 e. The fourth-order valence-electron chi connectivity index (χ4n) is 3.94. The van der Waals surface area contributed by atoms with Gasteiger partial charge in [-0.05, 0) is 30.3 Å². The number of nitrogens with zero attached hydrogens (tertiary/aromatic N) is 2. The first-order valence-electron chi connectivity index (χ1n) is 10.5. The minimum Gasteiger partial charge on any atom is -0.494 e. The number of H-pyrrole nitrogens is 1. The van der Waals surface area contributed by atoms with Gasteiger partial charge < -0.3 is 5.11 Å². The van der Waals surface area contributed by atoms with Crippen LogP contribution in [-0.2, 0) is 6.18 Å². The highest BCUT2D eigenvalue weighted by atomic mass is 19.4. The summed E-state index contributed by atoms with van der Waals surface area (Å²) in [7, 11) is 0. The molecule has 9 heteroatoms. The van der Waals surface area contributed by atoms with Crippen LogP contribution in [0.5, 0.6) is 5.88 Å². The molecule has 0 fully saturated rings. The third-order valence-electron chi connectivity index (χ3n) is 5.57. The number of fused-ring (bicyclic) bond motifs is 1. The molecule has 1 aliphatic rings. The number of benzene rings is 3. The first-order valence-corrected chi connectivity index (χ1v) is 10.5. The van der Waals surface area contributed by atoms with E-state index in [0.29, 0.717) is 27.1 Å². The first kappa shape index (κ1) is 22.1. The average Bonchev–Trinajstić information content (AvgIpc) is 3.20. The van der Waals surface area contributed by atoms with Gasteiger partial charge in [0.05, 0.1) is 22.6 Å². The Kier molecular flexibility index (Phi) is 5.24. The number of halogens is 3. The fraction of sp³-hybridized carbons (Fsp3) is 0.0385.